The van der Waals surface area contributed by atoms with Crippen molar-refractivity contribution in [3.63, 3.8) is 0 Å². The molecule has 0 spiro atoms. The van der Waals surface area contributed by atoms with Crippen LogP contribution < -0.4 is 0 Å². The molecule has 0 fully saturated rings. The SMILES string of the molecule is CCCCCC/C=C\C/C=C\CCCCCCCCCC(=O)OC(CO)COP(=O)(O)OCC(CO)OC(=O)CCCCCCCCCCCCCCCCCCCC. The first kappa shape index (κ1) is 57.4. The van der Waals surface area contributed by atoms with E-state index < -0.39 is 58.4 Å². The number of aliphatic hydroxyl groups is 2. The summed E-state index contributed by atoms with van der Waals surface area (Å²) in [7, 11) is -4.64. The van der Waals surface area contributed by atoms with Gasteiger partial charge < -0.3 is 24.6 Å². The Morgan fingerprint density at radius 1 is 0.458 bits per heavy atom. The molecule has 0 saturated carbocycles. The Kier molecular flexibility index (Phi) is 43.3. The van der Waals surface area contributed by atoms with Gasteiger partial charge in [0.1, 0.15) is 12.2 Å². The van der Waals surface area contributed by atoms with E-state index >= 15 is 0 Å². The molecular formula is C48H91O10P. The van der Waals surface area contributed by atoms with Gasteiger partial charge in [0.25, 0.3) is 0 Å². The van der Waals surface area contributed by atoms with Crippen molar-refractivity contribution < 1.29 is 47.8 Å². The van der Waals surface area contributed by atoms with Gasteiger partial charge in [0.15, 0.2) is 0 Å². The topological polar surface area (TPSA) is 149 Å². The fraction of sp³-hybridized carbons (Fsp3) is 0.875. The minimum absolute atomic E-state index is 0.185. The van der Waals surface area contributed by atoms with Crippen LogP contribution in [0.25, 0.3) is 0 Å². The smallest absolute Gasteiger partial charge is 0.457 e. The largest absolute Gasteiger partial charge is 0.472 e. The van der Waals surface area contributed by atoms with Gasteiger partial charge in [-0.15, -0.1) is 0 Å². The monoisotopic (exact) mass is 859 g/mol. The van der Waals surface area contributed by atoms with Gasteiger partial charge in [0, 0.05) is 12.8 Å². The molecule has 3 N–H and O–H groups in total. The molecule has 0 saturated heterocycles. The molecule has 0 radical (unpaired) electrons. The van der Waals surface area contributed by atoms with Crippen molar-refractivity contribution in [2.24, 2.45) is 0 Å². The van der Waals surface area contributed by atoms with E-state index in [1.165, 1.54) is 141 Å². The summed E-state index contributed by atoms with van der Waals surface area (Å²) in [4.78, 5) is 34.6. The molecule has 0 heterocycles. The maximum Gasteiger partial charge on any atom is 0.472 e. The third kappa shape index (κ3) is 42.9. The van der Waals surface area contributed by atoms with E-state index in [0.29, 0.717) is 12.8 Å². The first-order valence-corrected chi connectivity index (χ1v) is 25.8. The third-order valence-corrected chi connectivity index (χ3v) is 11.6. The molecule has 3 unspecified atom stereocenters. The number of hydrogen-bond donors (Lipinski definition) is 3. The van der Waals surface area contributed by atoms with Gasteiger partial charge in [-0.2, -0.15) is 0 Å². The second-order valence-electron chi connectivity index (χ2n) is 16.5. The van der Waals surface area contributed by atoms with Crippen LogP contribution in [0.15, 0.2) is 24.3 Å². The highest BCUT2D eigenvalue weighted by Crippen LogP contribution is 2.43. The highest BCUT2D eigenvalue weighted by molar-refractivity contribution is 7.47. The molecule has 11 heteroatoms. The molecule has 0 aromatic rings. The van der Waals surface area contributed by atoms with Crippen LogP contribution >= 0.6 is 7.82 Å². The fourth-order valence-corrected chi connectivity index (χ4v) is 7.70. The van der Waals surface area contributed by atoms with Crippen molar-refractivity contribution in [3.8, 4) is 0 Å². The van der Waals surface area contributed by atoms with Crippen LogP contribution in [0.3, 0.4) is 0 Å². The number of carbonyl (C=O) groups is 2. The summed E-state index contributed by atoms with van der Waals surface area (Å²) in [5, 5.41) is 19.2. The Labute approximate surface area is 361 Å². The van der Waals surface area contributed by atoms with Crippen LogP contribution in [0.5, 0.6) is 0 Å². The van der Waals surface area contributed by atoms with Crippen molar-refractivity contribution in [2.45, 2.75) is 244 Å². The number of phosphoric acid groups is 1. The number of esters is 2. The molecule has 0 aromatic carbocycles. The molecule has 348 valence electrons. The van der Waals surface area contributed by atoms with Crippen LogP contribution in [0, 0.1) is 0 Å². The average Bonchev–Trinajstić information content (AvgIpc) is 3.22. The second kappa shape index (κ2) is 44.5. The standard InChI is InChI=1S/C48H91O10P/c1-3-5-7-9-11-13-15-17-19-21-23-25-27-29-31-33-35-37-39-47(51)57-45(41-49)43-55-59(53,54)56-44-46(42-50)58-48(52)40-38-36-34-32-30-28-26-24-22-20-18-16-14-12-10-8-6-4-2/h13,15,19,21,45-46,49-50H,3-12,14,16-18,20,22-44H2,1-2H3,(H,53,54)/b15-13-,21-19-. The van der Waals surface area contributed by atoms with Crippen LogP contribution in [0.4, 0.5) is 0 Å². The lowest BCUT2D eigenvalue weighted by molar-refractivity contribution is -0.153. The molecule has 59 heavy (non-hydrogen) atoms. The predicted molar refractivity (Wildman–Crippen MR) is 242 cm³/mol. The van der Waals surface area contributed by atoms with Crippen molar-refractivity contribution in [1.82, 2.24) is 0 Å². The van der Waals surface area contributed by atoms with E-state index in [2.05, 4.69) is 38.2 Å². The summed E-state index contributed by atoms with van der Waals surface area (Å²) >= 11 is 0. The Bertz CT molecular complexity index is 1040. The van der Waals surface area contributed by atoms with E-state index in [1.807, 2.05) is 0 Å². The van der Waals surface area contributed by atoms with Crippen LogP contribution in [0.2, 0.25) is 0 Å². The minimum Gasteiger partial charge on any atom is -0.457 e. The van der Waals surface area contributed by atoms with Gasteiger partial charge in [-0.3, -0.25) is 18.6 Å². The van der Waals surface area contributed by atoms with Gasteiger partial charge in [0.05, 0.1) is 26.4 Å². The van der Waals surface area contributed by atoms with E-state index in [9.17, 15) is 29.3 Å². The Morgan fingerprint density at radius 2 is 0.746 bits per heavy atom. The first-order valence-electron chi connectivity index (χ1n) is 24.3. The lowest BCUT2D eigenvalue weighted by Crippen LogP contribution is -2.28. The zero-order valence-electron chi connectivity index (χ0n) is 38.0. The van der Waals surface area contributed by atoms with Crippen molar-refractivity contribution in [2.75, 3.05) is 26.4 Å². The average molecular weight is 859 g/mol. The molecule has 10 nitrogen and oxygen atoms in total. The number of phosphoric ester groups is 1. The molecule has 3 atom stereocenters. The summed E-state index contributed by atoms with van der Waals surface area (Å²) < 4.78 is 32.7. The summed E-state index contributed by atoms with van der Waals surface area (Å²) in [6.45, 7) is 2.22. The lowest BCUT2D eigenvalue weighted by Gasteiger charge is -2.20. The first-order chi connectivity index (χ1) is 28.8. The normalized spacial score (nSPS) is 13.9. The summed E-state index contributed by atoms with van der Waals surface area (Å²) in [5.41, 5.74) is 0. The maximum atomic E-state index is 12.4. The number of hydrogen-bond acceptors (Lipinski definition) is 9. The lowest BCUT2D eigenvalue weighted by atomic mass is 10.0. The highest BCUT2D eigenvalue weighted by atomic mass is 31.2. The quantitative estimate of drug-likeness (QED) is 0.0234. The summed E-state index contributed by atoms with van der Waals surface area (Å²) in [6.07, 6.45) is 45.7. The van der Waals surface area contributed by atoms with E-state index in [1.54, 1.807) is 0 Å². The Balaban J connectivity index is 3.86. The fourth-order valence-electron chi connectivity index (χ4n) is 6.91. The molecule has 0 bridgehead atoms. The molecular weight excluding hydrogens is 767 g/mol. The number of allylic oxidation sites excluding steroid dienone is 4. The molecule has 0 aliphatic rings. The zero-order valence-corrected chi connectivity index (χ0v) is 38.9. The van der Waals surface area contributed by atoms with E-state index in [4.69, 9.17) is 18.5 Å². The molecule has 0 aliphatic heterocycles. The number of carbonyl (C=O) groups excluding carboxylic acids is 2. The van der Waals surface area contributed by atoms with Gasteiger partial charge in [-0.1, -0.05) is 199 Å². The van der Waals surface area contributed by atoms with Crippen molar-refractivity contribution in [1.29, 1.82) is 0 Å². The van der Waals surface area contributed by atoms with Gasteiger partial charge in [-0.25, -0.2) is 4.57 Å². The van der Waals surface area contributed by atoms with Gasteiger partial charge in [-0.05, 0) is 44.9 Å². The number of rotatable bonds is 46. The van der Waals surface area contributed by atoms with Crippen molar-refractivity contribution in [3.05, 3.63) is 24.3 Å². The van der Waals surface area contributed by atoms with Crippen LogP contribution in [0.1, 0.15) is 232 Å². The summed E-state index contributed by atoms with van der Waals surface area (Å²) in [6, 6.07) is 0. The predicted octanol–water partition coefficient (Wildman–Crippen LogP) is 13.3. The van der Waals surface area contributed by atoms with E-state index in [0.717, 1.165) is 51.4 Å². The zero-order chi connectivity index (χ0) is 43.3. The molecule has 0 amide bonds. The number of ether oxygens (including phenoxy) is 2. The maximum absolute atomic E-state index is 12.4. The number of unbranched alkanes of at least 4 members (excludes halogenated alkanes) is 28. The Hall–Kier alpha value is -1.55. The van der Waals surface area contributed by atoms with Gasteiger partial charge >= 0.3 is 19.8 Å². The number of aliphatic hydroxyl groups excluding tert-OH is 2. The second-order valence-corrected chi connectivity index (χ2v) is 17.9. The molecule has 0 aliphatic carbocycles. The van der Waals surface area contributed by atoms with Crippen molar-refractivity contribution >= 4 is 19.8 Å². The highest BCUT2D eigenvalue weighted by Gasteiger charge is 2.27. The van der Waals surface area contributed by atoms with E-state index in [-0.39, 0.29) is 12.8 Å². The Morgan fingerprint density at radius 3 is 1.07 bits per heavy atom. The molecule has 0 aromatic heterocycles. The van der Waals surface area contributed by atoms with Crippen LogP contribution in [-0.2, 0) is 32.7 Å². The third-order valence-electron chi connectivity index (χ3n) is 10.7. The molecule has 0 rings (SSSR count). The minimum atomic E-state index is -4.64. The summed E-state index contributed by atoms with van der Waals surface area (Å²) in [5.74, 6) is -1.02. The van der Waals surface area contributed by atoms with Gasteiger partial charge in [0.2, 0.25) is 0 Å². The van der Waals surface area contributed by atoms with Crippen LogP contribution in [-0.4, -0.2) is 65.7 Å².